The van der Waals surface area contributed by atoms with Gasteiger partial charge in [0.15, 0.2) is 10.0 Å². The van der Waals surface area contributed by atoms with Crippen LogP contribution in [0.2, 0.25) is 4.47 Å². The fourth-order valence-electron chi connectivity index (χ4n) is 4.39. The van der Waals surface area contributed by atoms with Crippen LogP contribution in [0.3, 0.4) is 0 Å². The lowest BCUT2D eigenvalue weighted by atomic mass is 9.95. The van der Waals surface area contributed by atoms with E-state index < -0.39 is 0 Å². The average Bonchev–Trinajstić information content (AvgIpc) is 3.23. The number of aryl methyl sites for hydroxylation is 3. The molecule has 0 aliphatic rings. The molecule has 176 valence electrons. The molecule has 5 rings (SSSR count). The summed E-state index contributed by atoms with van der Waals surface area (Å²) < 4.78 is 18.4. The van der Waals surface area contributed by atoms with Crippen LogP contribution < -0.4 is 10.1 Å². The number of rotatable bonds is 4. The van der Waals surface area contributed by atoms with Crippen LogP contribution in [0.5, 0.6) is 5.88 Å². The molecule has 5 nitrogen and oxygen atoms in total. The first-order valence-electron chi connectivity index (χ1n) is 11.0. The molecule has 5 aromatic rings. The molecule has 0 aliphatic heterocycles. The maximum absolute atomic E-state index is 14.8. The number of benzene rings is 2. The SMILES string of the molecule is Cc1ccc(-c2cc(-c3c(O)[n+](Cc4cnc(Cl)s4)c4c(C)cccn4c3=O)ccc2C)c(F)c1. The number of hydrogen-bond donors (Lipinski definition) is 1. The molecule has 0 aliphatic carbocycles. The lowest BCUT2D eigenvalue weighted by molar-refractivity contribution is -0.671. The van der Waals surface area contributed by atoms with E-state index in [0.717, 1.165) is 21.6 Å². The highest BCUT2D eigenvalue weighted by Crippen LogP contribution is 2.33. The van der Waals surface area contributed by atoms with E-state index in [0.29, 0.717) is 26.8 Å². The van der Waals surface area contributed by atoms with E-state index >= 15 is 0 Å². The predicted octanol–water partition coefficient (Wildman–Crippen LogP) is 5.85. The number of thiazole rings is 1. The Hall–Kier alpha value is -3.55. The first kappa shape index (κ1) is 23.2. The van der Waals surface area contributed by atoms with Gasteiger partial charge in [-0.2, -0.15) is 8.97 Å². The summed E-state index contributed by atoms with van der Waals surface area (Å²) in [5, 5.41) is 11.5. The van der Waals surface area contributed by atoms with Gasteiger partial charge in [-0.05, 0) is 67.3 Å². The zero-order valence-corrected chi connectivity index (χ0v) is 20.9. The molecule has 0 amide bonds. The second-order valence-electron chi connectivity index (χ2n) is 8.57. The molecule has 0 atom stereocenters. The van der Waals surface area contributed by atoms with Gasteiger partial charge in [0.05, 0.1) is 11.1 Å². The Morgan fingerprint density at radius 3 is 2.60 bits per heavy atom. The van der Waals surface area contributed by atoms with Crippen molar-refractivity contribution in [1.82, 2.24) is 9.38 Å². The van der Waals surface area contributed by atoms with Crippen molar-refractivity contribution in [2.75, 3.05) is 0 Å². The van der Waals surface area contributed by atoms with Gasteiger partial charge in [-0.3, -0.25) is 0 Å². The average molecular weight is 507 g/mol. The van der Waals surface area contributed by atoms with Gasteiger partial charge in [0.2, 0.25) is 0 Å². The third-order valence-electron chi connectivity index (χ3n) is 6.11. The van der Waals surface area contributed by atoms with Crippen molar-refractivity contribution in [3.63, 3.8) is 0 Å². The van der Waals surface area contributed by atoms with Crippen LogP contribution >= 0.6 is 22.9 Å². The number of fused-ring (bicyclic) bond motifs is 1. The zero-order chi connectivity index (χ0) is 24.9. The van der Waals surface area contributed by atoms with E-state index in [2.05, 4.69) is 4.98 Å². The third-order valence-corrected chi connectivity index (χ3v) is 7.21. The van der Waals surface area contributed by atoms with Crippen molar-refractivity contribution >= 4 is 28.6 Å². The molecule has 0 saturated heterocycles. The summed E-state index contributed by atoms with van der Waals surface area (Å²) in [7, 11) is 0. The van der Waals surface area contributed by atoms with E-state index in [1.54, 1.807) is 41.2 Å². The number of halogens is 2. The smallest absolute Gasteiger partial charge is 0.354 e. The predicted molar refractivity (Wildman–Crippen MR) is 137 cm³/mol. The fourth-order valence-corrected chi connectivity index (χ4v) is 5.35. The molecule has 0 bridgehead atoms. The van der Waals surface area contributed by atoms with Crippen LogP contribution in [0, 0.1) is 26.6 Å². The van der Waals surface area contributed by atoms with Crippen LogP contribution in [0.25, 0.3) is 27.9 Å². The van der Waals surface area contributed by atoms with Crippen molar-refractivity contribution in [3.05, 3.63) is 103 Å². The molecular weight excluding hydrogens is 485 g/mol. The summed E-state index contributed by atoms with van der Waals surface area (Å²) in [6.07, 6.45) is 3.33. The number of hydrogen-bond acceptors (Lipinski definition) is 4. The number of aromatic nitrogens is 3. The largest absolute Gasteiger partial charge is 0.477 e. The zero-order valence-electron chi connectivity index (χ0n) is 19.3. The van der Waals surface area contributed by atoms with Crippen LogP contribution in [-0.4, -0.2) is 14.5 Å². The fraction of sp³-hybridized carbons (Fsp3) is 0.148. The van der Waals surface area contributed by atoms with Gasteiger partial charge < -0.3 is 5.11 Å². The van der Waals surface area contributed by atoms with E-state index in [-0.39, 0.29) is 29.4 Å². The number of nitrogens with zero attached hydrogens (tertiary/aromatic N) is 3. The standard InChI is InChI=1S/C27H21ClFN3O2S/c1-15-6-9-20(22(29)11-15)21-12-18(8-7-16(21)2)23-25(33)31-10-4-5-17(3)24(31)32(26(23)34)14-19-13-30-27(28)35-19/h4-13H,14H2,1-3H3/p+1. The Morgan fingerprint density at radius 1 is 1.09 bits per heavy atom. The van der Waals surface area contributed by atoms with Crippen molar-refractivity contribution in [1.29, 1.82) is 0 Å². The molecule has 8 heteroatoms. The minimum absolute atomic E-state index is 0.137. The van der Waals surface area contributed by atoms with Gasteiger partial charge in [-0.15, -0.1) is 11.3 Å². The van der Waals surface area contributed by atoms with Crippen LogP contribution in [0.1, 0.15) is 21.6 Å². The summed E-state index contributed by atoms with van der Waals surface area (Å²) in [4.78, 5) is 18.6. The van der Waals surface area contributed by atoms with E-state index in [1.807, 2.05) is 39.0 Å². The molecule has 0 radical (unpaired) electrons. The number of pyridine rings is 1. The Bertz CT molecular complexity index is 1680. The van der Waals surface area contributed by atoms with Crippen LogP contribution in [-0.2, 0) is 6.54 Å². The highest BCUT2D eigenvalue weighted by Gasteiger charge is 2.27. The summed E-state index contributed by atoms with van der Waals surface area (Å²) in [5.41, 5.74) is 4.46. The normalized spacial score (nSPS) is 11.3. The lowest BCUT2D eigenvalue weighted by Crippen LogP contribution is -2.41. The molecule has 0 saturated carbocycles. The highest BCUT2D eigenvalue weighted by molar-refractivity contribution is 7.15. The van der Waals surface area contributed by atoms with E-state index in [1.165, 1.54) is 21.8 Å². The maximum atomic E-state index is 14.8. The van der Waals surface area contributed by atoms with Gasteiger partial charge in [-0.25, -0.2) is 14.2 Å². The number of aromatic hydroxyl groups is 1. The summed E-state index contributed by atoms with van der Waals surface area (Å²) in [6, 6.07) is 14.1. The molecule has 2 aromatic carbocycles. The lowest BCUT2D eigenvalue weighted by Gasteiger charge is -2.13. The van der Waals surface area contributed by atoms with Crippen molar-refractivity contribution in [2.45, 2.75) is 27.3 Å². The van der Waals surface area contributed by atoms with Crippen molar-refractivity contribution in [2.24, 2.45) is 0 Å². The quantitative estimate of drug-likeness (QED) is 0.311. The Kier molecular flexibility index (Phi) is 5.91. The summed E-state index contributed by atoms with van der Waals surface area (Å²) in [6.45, 7) is 5.89. The van der Waals surface area contributed by atoms with E-state index in [4.69, 9.17) is 11.6 Å². The summed E-state index contributed by atoms with van der Waals surface area (Å²) >= 11 is 7.34. The van der Waals surface area contributed by atoms with Gasteiger partial charge >= 0.3 is 5.56 Å². The second-order valence-corrected chi connectivity index (χ2v) is 10.3. The molecule has 0 spiro atoms. The second kappa shape index (κ2) is 8.91. The van der Waals surface area contributed by atoms with Gasteiger partial charge in [0.1, 0.15) is 12.4 Å². The monoisotopic (exact) mass is 506 g/mol. The molecule has 1 N–H and O–H groups in total. The molecule has 0 fully saturated rings. The van der Waals surface area contributed by atoms with Crippen molar-refractivity contribution < 1.29 is 14.1 Å². The molecule has 3 aromatic heterocycles. The minimum atomic E-state index is -0.362. The molecule has 0 unspecified atom stereocenters. The van der Waals surface area contributed by atoms with Crippen LogP contribution in [0.15, 0.2) is 65.7 Å². The third kappa shape index (κ3) is 4.11. The van der Waals surface area contributed by atoms with Crippen molar-refractivity contribution in [3.8, 4) is 28.1 Å². The van der Waals surface area contributed by atoms with Gasteiger partial charge in [-0.1, -0.05) is 35.9 Å². The molecule has 3 heterocycles. The topological polar surface area (TPSA) is 58.5 Å². The molecule has 35 heavy (non-hydrogen) atoms. The first-order valence-corrected chi connectivity index (χ1v) is 12.2. The first-order chi connectivity index (χ1) is 16.7. The Labute approximate surface area is 210 Å². The van der Waals surface area contributed by atoms with Gasteiger partial charge in [0, 0.05) is 17.3 Å². The van der Waals surface area contributed by atoms with Crippen LogP contribution in [0.4, 0.5) is 4.39 Å². The molecular formula is C27H22ClFN3O2S+. The van der Waals surface area contributed by atoms with E-state index in [9.17, 15) is 14.3 Å². The Balaban J connectivity index is 1.78. The maximum Gasteiger partial charge on any atom is 0.354 e. The summed E-state index contributed by atoms with van der Waals surface area (Å²) in [5.74, 6) is -0.509. The van der Waals surface area contributed by atoms with Gasteiger partial charge in [0.25, 0.3) is 11.5 Å². The minimum Gasteiger partial charge on any atom is -0.477 e. The highest BCUT2D eigenvalue weighted by atomic mass is 35.5. The Morgan fingerprint density at radius 2 is 1.89 bits per heavy atom.